The third kappa shape index (κ3) is 17.0. The maximum atomic E-state index is 3.86. The molecule has 0 saturated heterocycles. The van der Waals surface area contributed by atoms with Gasteiger partial charge in [-0.3, -0.25) is 0 Å². The van der Waals surface area contributed by atoms with Crippen molar-refractivity contribution in [2.45, 2.75) is 108 Å². The van der Waals surface area contributed by atoms with Crippen LogP contribution in [0.2, 0.25) is 0 Å². The molecule has 0 spiro atoms. The highest BCUT2D eigenvalue weighted by atomic mass is 79.9. The summed E-state index contributed by atoms with van der Waals surface area (Å²) in [5, 5.41) is 1.18. The molecule has 20 heavy (non-hydrogen) atoms. The molecule has 1 atom stereocenters. The molecule has 0 nitrogen and oxygen atoms in total. The Bertz CT molecular complexity index is 171. The molecule has 0 bridgehead atoms. The molecule has 0 N–H and O–H groups in total. The summed E-state index contributed by atoms with van der Waals surface area (Å²) in [7, 11) is 0. The number of hydrogen-bond donors (Lipinski definition) is 0. The second-order valence-electron chi connectivity index (χ2n) is 6.11. The smallest absolute Gasteiger partial charge is 0.0145 e. The first-order chi connectivity index (χ1) is 9.81. The average Bonchev–Trinajstić information content (AvgIpc) is 2.45. The number of unbranched alkanes of at least 4 members (excludes halogenated alkanes) is 11. The van der Waals surface area contributed by atoms with E-state index >= 15 is 0 Å². The summed E-state index contributed by atoms with van der Waals surface area (Å²) in [6, 6.07) is 0. The minimum absolute atomic E-state index is 0.780. The number of rotatable bonds is 16. The molecule has 0 aliphatic rings. The van der Waals surface area contributed by atoms with Crippen molar-refractivity contribution in [3.63, 3.8) is 0 Å². The minimum atomic E-state index is 0.780. The van der Waals surface area contributed by atoms with Crippen molar-refractivity contribution in [2.75, 3.05) is 5.33 Å². The summed E-state index contributed by atoms with van der Waals surface area (Å²) in [4.78, 5) is 0.780. The molecule has 0 heterocycles. The molecule has 0 aromatic rings. The minimum Gasteiger partial charge on any atom is -0.0928 e. The van der Waals surface area contributed by atoms with Crippen LogP contribution in [0.1, 0.15) is 103 Å². The molecule has 0 fully saturated rings. The van der Waals surface area contributed by atoms with Gasteiger partial charge in [0.1, 0.15) is 0 Å². The van der Waals surface area contributed by atoms with Crippen LogP contribution >= 0.6 is 31.9 Å². The second-order valence-corrected chi connectivity index (χ2v) is 8.19. The molecule has 0 saturated carbocycles. The van der Waals surface area contributed by atoms with Crippen LogP contribution in [0.25, 0.3) is 0 Å². The summed E-state index contributed by atoms with van der Waals surface area (Å²) in [6.07, 6.45) is 21.2. The van der Waals surface area contributed by atoms with Crippen molar-refractivity contribution in [3.8, 4) is 0 Å². The van der Waals surface area contributed by atoms with Crippen LogP contribution in [-0.4, -0.2) is 10.2 Å². The van der Waals surface area contributed by atoms with Gasteiger partial charge in [-0.15, -0.1) is 0 Å². The predicted molar refractivity (Wildman–Crippen MR) is 101 cm³/mol. The molecule has 0 aromatic heterocycles. The molecule has 0 aromatic carbocycles. The first kappa shape index (κ1) is 21.0. The molecule has 122 valence electrons. The fourth-order valence-electron chi connectivity index (χ4n) is 2.63. The predicted octanol–water partition coefficient (Wildman–Crippen LogP) is 8.02. The zero-order valence-corrected chi connectivity index (χ0v) is 16.8. The van der Waals surface area contributed by atoms with Crippen molar-refractivity contribution in [2.24, 2.45) is 0 Å². The van der Waals surface area contributed by atoms with E-state index in [4.69, 9.17) is 0 Å². The van der Waals surface area contributed by atoms with Crippen molar-refractivity contribution in [1.82, 2.24) is 0 Å². The summed E-state index contributed by atoms with van der Waals surface area (Å²) in [5.74, 6) is 0. The average molecular weight is 412 g/mol. The molecule has 0 aliphatic carbocycles. The van der Waals surface area contributed by atoms with Gasteiger partial charge in [-0.05, 0) is 19.3 Å². The van der Waals surface area contributed by atoms with Gasteiger partial charge in [-0.2, -0.15) is 0 Å². The third-order valence-electron chi connectivity index (χ3n) is 4.02. The quantitative estimate of drug-likeness (QED) is 0.178. The van der Waals surface area contributed by atoms with Crippen LogP contribution in [-0.2, 0) is 0 Å². The summed E-state index contributed by atoms with van der Waals surface area (Å²) in [5.41, 5.74) is 0. The Morgan fingerprint density at radius 3 is 1.45 bits per heavy atom. The number of alkyl halides is 2. The third-order valence-corrected chi connectivity index (χ3v) is 5.50. The van der Waals surface area contributed by atoms with Gasteiger partial charge in [0, 0.05) is 10.2 Å². The van der Waals surface area contributed by atoms with Crippen molar-refractivity contribution in [3.05, 3.63) is 0 Å². The van der Waals surface area contributed by atoms with E-state index in [1.54, 1.807) is 0 Å². The normalized spacial score (nSPS) is 12.8. The van der Waals surface area contributed by atoms with Crippen LogP contribution in [0.5, 0.6) is 0 Å². The largest absolute Gasteiger partial charge is 0.0928 e. The highest BCUT2D eigenvalue weighted by Gasteiger charge is 2.03. The Morgan fingerprint density at radius 1 is 0.600 bits per heavy atom. The lowest BCUT2D eigenvalue weighted by Crippen LogP contribution is -1.97. The second kappa shape index (κ2) is 18.0. The van der Waals surface area contributed by atoms with Crippen molar-refractivity contribution in [1.29, 1.82) is 0 Å². The molecule has 0 radical (unpaired) electrons. The number of hydrogen-bond acceptors (Lipinski definition) is 0. The molecular formula is C18H36Br2. The Balaban J connectivity index is 3.10. The summed E-state index contributed by atoms with van der Waals surface area (Å²) >= 11 is 7.35. The number of halogens is 2. The molecule has 1 unspecified atom stereocenters. The van der Waals surface area contributed by atoms with Gasteiger partial charge in [0.25, 0.3) is 0 Å². The molecule has 0 aliphatic heterocycles. The zero-order chi connectivity index (χ0) is 14.9. The summed E-state index contributed by atoms with van der Waals surface area (Å²) < 4.78 is 0. The van der Waals surface area contributed by atoms with E-state index < -0.39 is 0 Å². The Hall–Kier alpha value is 0.960. The van der Waals surface area contributed by atoms with E-state index in [1.165, 1.54) is 102 Å². The van der Waals surface area contributed by atoms with Gasteiger partial charge in [0.05, 0.1) is 0 Å². The van der Waals surface area contributed by atoms with Crippen LogP contribution in [0.4, 0.5) is 0 Å². The fourth-order valence-corrected chi connectivity index (χ4v) is 3.68. The van der Waals surface area contributed by atoms with Gasteiger partial charge >= 0.3 is 0 Å². The van der Waals surface area contributed by atoms with Crippen LogP contribution in [0, 0.1) is 0 Å². The van der Waals surface area contributed by atoms with E-state index in [0.717, 1.165) is 4.83 Å². The van der Waals surface area contributed by atoms with Crippen molar-refractivity contribution >= 4 is 31.9 Å². The lowest BCUT2D eigenvalue weighted by atomic mass is 10.0. The standard InChI is InChI=1S/C18H36Br2/c1-2-3-4-5-9-12-15-18(20)16-13-10-7-6-8-11-14-17-19/h18H,2-17H2,1H3. The summed E-state index contributed by atoms with van der Waals surface area (Å²) in [6.45, 7) is 2.29. The van der Waals surface area contributed by atoms with Gasteiger partial charge in [-0.25, -0.2) is 0 Å². The molecule has 0 amide bonds. The lowest BCUT2D eigenvalue weighted by molar-refractivity contribution is 0.542. The maximum absolute atomic E-state index is 3.86. The first-order valence-electron chi connectivity index (χ1n) is 9.01. The Kier molecular flexibility index (Phi) is 18.9. The van der Waals surface area contributed by atoms with E-state index in [2.05, 4.69) is 38.8 Å². The van der Waals surface area contributed by atoms with Crippen LogP contribution < -0.4 is 0 Å². The monoisotopic (exact) mass is 410 g/mol. The molecular weight excluding hydrogens is 376 g/mol. The van der Waals surface area contributed by atoms with Gasteiger partial charge in [-0.1, -0.05) is 116 Å². The fraction of sp³-hybridized carbons (Fsp3) is 1.00. The Morgan fingerprint density at radius 2 is 1.00 bits per heavy atom. The SMILES string of the molecule is CCCCCCCCC(Br)CCCCCCCCCBr. The Labute approximate surface area is 145 Å². The first-order valence-corrected chi connectivity index (χ1v) is 11.0. The van der Waals surface area contributed by atoms with Gasteiger partial charge < -0.3 is 0 Å². The van der Waals surface area contributed by atoms with Gasteiger partial charge in [0.2, 0.25) is 0 Å². The highest BCUT2D eigenvalue weighted by molar-refractivity contribution is 9.09. The van der Waals surface area contributed by atoms with Crippen LogP contribution in [0.15, 0.2) is 0 Å². The lowest BCUT2D eigenvalue weighted by Gasteiger charge is -2.09. The maximum Gasteiger partial charge on any atom is 0.0145 e. The van der Waals surface area contributed by atoms with E-state index in [1.807, 2.05) is 0 Å². The van der Waals surface area contributed by atoms with Crippen molar-refractivity contribution < 1.29 is 0 Å². The van der Waals surface area contributed by atoms with E-state index in [9.17, 15) is 0 Å². The van der Waals surface area contributed by atoms with Crippen LogP contribution in [0.3, 0.4) is 0 Å². The van der Waals surface area contributed by atoms with E-state index in [0.29, 0.717) is 0 Å². The molecule has 0 rings (SSSR count). The van der Waals surface area contributed by atoms with E-state index in [-0.39, 0.29) is 0 Å². The van der Waals surface area contributed by atoms with Gasteiger partial charge in [0.15, 0.2) is 0 Å². The molecule has 2 heteroatoms. The zero-order valence-electron chi connectivity index (χ0n) is 13.6. The highest BCUT2D eigenvalue weighted by Crippen LogP contribution is 2.19. The topological polar surface area (TPSA) is 0 Å².